The van der Waals surface area contributed by atoms with Crippen molar-refractivity contribution in [3.05, 3.63) is 93.0 Å². The third-order valence-corrected chi connectivity index (χ3v) is 5.65. The van der Waals surface area contributed by atoms with Crippen molar-refractivity contribution in [3.63, 3.8) is 0 Å². The number of hydrogen-bond acceptors (Lipinski definition) is 4. The normalized spacial score (nSPS) is 12.6. The second-order valence-electron chi connectivity index (χ2n) is 7.47. The van der Waals surface area contributed by atoms with E-state index in [0.717, 1.165) is 9.25 Å². The molecule has 0 aliphatic rings. The van der Waals surface area contributed by atoms with Gasteiger partial charge in [0.15, 0.2) is 11.9 Å². The van der Waals surface area contributed by atoms with E-state index in [9.17, 15) is 23.1 Å². The highest BCUT2D eigenvalue weighted by Gasteiger charge is 2.39. The van der Waals surface area contributed by atoms with E-state index in [-0.39, 0.29) is 12.4 Å². The fraction of sp³-hybridized carbons (Fsp3) is 0.174. The summed E-state index contributed by atoms with van der Waals surface area (Å²) in [5, 5.41) is 14.8. The average molecular weight is 509 g/mol. The highest BCUT2D eigenvalue weighted by molar-refractivity contribution is 6.33. The summed E-state index contributed by atoms with van der Waals surface area (Å²) < 4.78 is 40.9. The monoisotopic (exact) mass is 508 g/mol. The Kier molecular flexibility index (Phi) is 6.79. The van der Waals surface area contributed by atoms with Crippen molar-refractivity contribution in [1.82, 2.24) is 19.3 Å². The summed E-state index contributed by atoms with van der Waals surface area (Å²) in [6.45, 7) is -1.03. The Hall–Kier alpha value is -3.14. The molecule has 176 valence electrons. The molecule has 2 aromatic heterocycles. The van der Waals surface area contributed by atoms with Gasteiger partial charge in [-0.05, 0) is 48.0 Å². The Morgan fingerprint density at radius 1 is 1.03 bits per heavy atom. The summed E-state index contributed by atoms with van der Waals surface area (Å²) >= 11 is 12.2. The average Bonchev–Trinajstić information content (AvgIpc) is 3.09. The number of aliphatic hydroxyl groups excluding tert-OH is 1. The van der Waals surface area contributed by atoms with Crippen LogP contribution >= 0.6 is 23.2 Å². The molecule has 6 nitrogen and oxygen atoms in total. The van der Waals surface area contributed by atoms with Gasteiger partial charge in [0, 0.05) is 27.4 Å². The molecular weight excluding hydrogens is 492 g/mol. The van der Waals surface area contributed by atoms with Gasteiger partial charge in [-0.1, -0.05) is 41.4 Å². The number of aliphatic hydroxyl groups is 1. The van der Waals surface area contributed by atoms with Gasteiger partial charge in [-0.3, -0.25) is 9.55 Å². The number of hydrogen-bond donors (Lipinski definition) is 1. The standard InChI is InChI=1S/C23H17Cl2F3N4O2/c24-16-7-5-15(6-8-16)21-30-32(22(34)31(21)13-20(33)23(26,27)28)12-14-9-10-29-19(11-14)17-3-1-2-4-18(17)25/h1-11,20,33H,12-13H2/t20-/m1/s1. The maximum Gasteiger partial charge on any atom is 0.416 e. The SMILES string of the molecule is O=c1n(Cc2ccnc(-c3ccccc3Cl)c2)nc(-c2ccc(Cl)cc2)n1C[C@@H](O)C(F)(F)F. The Morgan fingerprint density at radius 3 is 2.41 bits per heavy atom. The molecule has 0 aliphatic heterocycles. The minimum atomic E-state index is -4.90. The van der Waals surface area contributed by atoms with Crippen LogP contribution < -0.4 is 5.69 Å². The fourth-order valence-electron chi connectivity index (χ4n) is 3.36. The van der Waals surface area contributed by atoms with Crippen molar-refractivity contribution in [2.75, 3.05) is 0 Å². The number of rotatable bonds is 6. The highest BCUT2D eigenvalue weighted by atomic mass is 35.5. The van der Waals surface area contributed by atoms with E-state index in [4.69, 9.17) is 23.2 Å². The zero-order valence-corrected chi connectivity index (χ0v) is 18.9. The van der Waals surface area contributed by atoms with Crippen LogP contribution in [0.3, 0.4) is 0 Å². The molecule has 0 spiro atoms. The molecule has 4 aromatic rings. The van der Waals surface area contributed by atoms with Crippen molar-refractivity contribution in [3.8, 4) is 22.6 Å². The lowest BCUT2D eigenvalue weighted by molar-refractivity contribution is -0.207. The van der Waals surface area contributed by atoms with Crippen LogP contribution in [0.2, 0.25) is 10.0 Å². The lowest BCUT2D eigenvalue weighted by Gasteiger charge is -2.15. The molecule has 11 heteroatoms. The summed E-state index contributed by atoms with van der Waals surface area (Å²) in [6, 6.07) is 16.6. The molecule has 0 amide bonds. The first kappa shape index (κ1) is 24.0. The van der Waals surface area contributed by atoms with Gasteiger partial charge in [0.1, 0.15) is 0 Å². The van der Waals surface area contributed by atoms with Crippen molar-refractivity contribution in [2.45, 2.75) is 25.4 Å². The maximum absolute atomic E-state index is 13.0. The minimum absolute atomic E-state index is 0.0228. The van der Waals surface area contributed by atoms with Crippen LogP contribution in [0.15, 0.2) is 71.7 Å². The van der Waals surface area contributed by atoms with Gasteiger partial charge in [-0.15, -0.1) is 5.10 Å². The molecule has 0 bridgehead atoms. The molecule has 4 rings (SSSR count). The van der Waals surface area contributed by atoms with Crippen molar-refractivity contribution < 1.29 is 18.3 Å². The molecule has 1 atom stereocenters. The molecule has 2 heterocycles. The van der Waals surface area contributed by atoms with Crippen LogP contribution in [-0.4, -0.2) is 36.7 Å². The molecule has 34 heavy (non-hydrogen) atoms. The van der Waals surface area contributed by atoms with Crippen molar-refractivity contribution in [1.29, 1.82) is 0 Å². The van der Waals surface area contributed by atoms with E-state index in [1.807, 2.05) is 6.07 Å². The summed E-state index contributed by atoms with van der Waals surface area (Å²) in [5.74, 6) is -0.0228. The first-order chi connectivity index (χ1) is 16.1. The maximum atomic E-state index is 13.0. The second kappa shape index (κ2) is 9.61. The van der Waals surface area contributed by atoms with Crippen LogP contribution in [0.5, 0.6) is 0 Å². The summed E-state index contributed by atoms with van der Waals surface area (Å²) in [5.41, 5.74) is 1.47. The minimum Gasteiger partial charge on any atom is -0.382 e. The van der Waals surface area contributed by atoms with Gasteiger partial charge >= 0.3 is 11.9 Å². The van der Waals surface area contributed by atoms with Gasteiger partial charge in [-0.25, -0.2) is 9.48 Å². The van der Waals surface area contributed by atoms with Crippen LogP contribution in [0.4, 0.5) is 13.2 Å². The topological polar surface area (TPSA) is 72.9 Å². The Labute approximate surface area is 201 Å². The number of halogens is 5. The Morgan fingerprint density at radius 2 is 1.74 bits per heavy atom. The Bertz CT molecular complexity index is 1370. The van der Waals surface area contributed by atoms with Crippen LogP contribution in [0.25, 0.3) is 22.6 Å². The van der Waals surface area contributed by atoms with Gasteiger partial charge in [0.2, 0.25) is 0 Å². The van der Waals surface area contributed by atoms with Crippen LogP contribution in [0.1, 0.15) is 5.56 Å². The molecule has 0 unspecified atom stereocenters. The van der Waals surface area contributed by atoms with Gasteiger partial charge in [-0.2, -0.15) is 13.2 Å². The number of aromatic nitrogens is 4. The molecule has 0 saturated heterocycles. The van der Waals surface area contributed by atoms with E-state index in [2.05, 4.69) is 10.1 Å². The zero-order valence-electron chi connectivity index (χ0n) is 17.4. The van der Waals surface area contributed by atoms with Crippen LogP contribution in [0, 0.1) is 0 Å². The quantitative estimate of drug-likeness (QED) is 0.395. The molecule has 1 N–H and O–H groups in total. The molecule has 0 fully saturated rings. The number of pyridine rings is 1. The van der Waals surface area contributed by atoms with Crippen LogP contribution in [-0.2, 0) is 13.1 Å². The van der Waals surface area contributed by atoms with Gasteiger partial charge < -0.3 is 5.11 Å². The zero-order chi connectivity index (χ0) is 24.5. The third-order valence-electron chi connectivity index (χ3n) is 5.07. The summed E-state index contributed by atoms with van der Waals surface area (Å²) in [4.78, 5) is 17.3. The first-order valence-electron chi connectivity index (χ1n) is 10.0. The highest BCUT2D eigenvalue weighted by Crippen LogP contribution is 2.27. The third kappa shape index (κ3) is 5.16. The predicted octanol–water partition coefficient (Wildman–Crippen LogP) is 5.05. The second-order valence-corrected chi connectivity index (χ2v) is 8.31. The molecule has 0 radical (unpaired) electrons. The number of benzene rings is 2. The van der Waals surface area contributed by atoms with Crippen molar-refractivity contribution >= 4 is 23.2 Å². The lowest BCUT2D eigenvalue weighted by Crippen LogP contribution is -2.37. The molecule has 0 aliphatic carbocycles. The molecular formula is C23H17Cl2F3N4O2. The number of nitrogens with zero attached hydrogens (tertiary/aromatic N) is 4. The lowest BCUT2D eigenvalue weighted by atomic mass is 10.1. The Balaban J connectivity index is 1.74. The largest absolute Gasteiger partial charge is 0.416 e. The van der Waals surface area contributed by atoms with Gasteiger partial charge in [0.05, 0.1) is 18.8 Å². The smallest absolute Gasteiger partial charge is 0.382 e. The van der Waals surface area contributed by atoms with Crippen molar-refractivity contribution in [2.24, 2.45) is 0 Å². The summed E-state index contributed by atoms with van der Waals surface area (Å²) in [6.07, 6.45) is -6.08. The molecule has 0 saturated carbocycles. The van der Waals surface area contributed by atoms with E-state index < -0.39 is 24.5 Å². The summed E-state index contributed by atoms with van der Waals surface area (Å²) in [7, 11) is 0. The van der Waals surface area contributed by atoms with E-state index >= 15 is 0 Å². The molecule has 2 aromatic carbocycles. The van der Waals surface area contributed by atoms with E-state index in [1.54, 1.807) is 36.5 Å². The first-order valence-corrected chi connectivity index (χ1v) is 10.8. The predicted molar refractivity (Wildman–Crippen MR) is 123 cm³/mol. The fourth-order valence-corrected chi connectivity index (χ4v) is 3.72. The van der Waals surface area contributed by atoms with Gasteiger partial charge in [0.25, 0.3) is 0 Å². The van der Waals surface area contributed by atoms with E-state index in [1.165, 1.54) is 24.3 Å². The van der Waals surface area contributed by atoms with E-state index in [0.29, 0.717) is 32.4 Å². The number of alkyl halides is 3.